The maximum absolute atomic E-state index is 13.4. The first-order valence-corrected chi connectivity index (χ1v) is 7.70. The monoisotopic (exact) mass is 322 g/mol. The van der Waals surface area contributed by atoms with Crippen LogP contribution in [0.1, 0.15) is 18.4 Å². The van der Waals surface area contributed by atoms with E-state index in [0.29, 0.717) is 38.0 Å². The van der Waals surface area contributed by atoms with Gasteiger partial charge in [-0.05, 0) is 30.5 Å². The van der Waals surface area contributed by atoms with Gasteiger partial charge in [-0.25, -0.2) is 4.39 Å². The van der Waals surface area contributed by atoms with Crippen molar-refractivity contribution in [1.82, 2.24) is 0 Å². The third-order valence-electron chi connectivity index (χ3n) is 3.31. The van der Waals surface area contributed by atoms with E-state index in [-0.39, 0.29) is 5.82 Å². The van der Waals surface area contributed by atoms with Crippen LogP contribution in [0.25, 0.3) is 0 Å². The zero-order chi connectivity index (χ0) is 14.8. The Morgan fingerprint density at radius 3 is 2.50 bits per heavy atom. The number of rotatable bonds is 10. The van der Waals surface area contributed by atoms with Crippen LogP contribution in [-0.4, -0.2) is 38.7 Å². The second-order valence-corrected chi connectivity index (χ2v) is 5.30. The van der Waals surface area contributed by atoms with Crippen LogP contribution in [0.2, 0.25) is 0 Å². The number of halogens is 3. The molecular formula is C15H21Cl2FO2. The molecule has 0 radical (unpaired) electrons. The van der Waals surface area contributed by atoms with Gasteiger partial charge in [0.1, 0.15) is 5.82 Å². The Bertz CT molecular complexity index is 384. The molecule has 0 spiro atoms. The molecule has 0 unspecified atom stereocenters. The summed E-state index contributed by atoms with van der Waals surface area (Å²) in [5.74, 6) is 0.395. The van der Waals surface area contributed by atoms with Gasteiger partial charge in [-0.2, -0.15) is 0 Å². The molecule has 0 aliphatic rings. The Labute approximate surface area is 130 Å². The van der Waals surface area contributed by atoms with Crippen LogP contribution >= 0.6 is 23.2 Å². The standard InChI is InChI=1S/C15H21Cl2FO2/c1-19-7-3-8-20-9-6-15(11-16,12-17)13-4-2-5-14(18)10-13/h2,4-5,10H,3,6-9,11-12H2,1H3. The molecule has 0 N–H and O–H groups in total. The van der Waals surface area contributed by atoms with Gasteiger partial charge < -0.3 is 9.47 Å². The smallest absolute Gasteiger partial charge is 0.123 e. The van der Waals surface area contributed by atoms with Crippen molar-refractivity contribution >= 4 is 23.2 Å². The van der Waals surface area contributed by atoms with Crippen molar-refractivity contribution in [3.8, 4) is 0 Å². The molecule has 2 nitrogen and oxygen atoms in total. The Hall–Kier alpha value is -0.350. The molecule has 1 aromatic rings. The van der Waals surface area contributed by atoms with Gasteiger partial charge in [0.25, 0.3) is 0 Å². The number of ether oxygens (including phenoxy) is 2. The fraction of sp³-hybridized carbons (Fsp3) is 0.600. The molecule has 1 rings (SSSR count). The molecule has 0 aliphatic heterocycles. The van der Waals surface area contributed by atoms with Crippen molar-refractivity contribution in [2.75, 3.05) is 38.7 Å². The van der Waals surface area contributed by atoms with E-state index < -0.39 is 5.41 Å². The summed E-state index contributed by atoms with van der Waals surface area (Å²) in [6.45, 7) is 1.86. The minimum atomic E-state index is -0.452. The summed E-state index contributed by atoms with van der Waals surface area (Å²) in [5.41, 5.74) is 0.370. The topological polar surface area (TPSA) is 18.5 Å². The molecule has 0 bridgehead atoms. The van der Waals surface area contributed by atoms with E-state index in [4.69, 9.17) is 32.7 Å². The summed E-state index contributed by atoms with van der Waals surface area (Å²) in [6.07, 6.45) is 1.52. The van der Waals surface area contributed by atoms with E-state index in [1.807, 2.05) is 6.07 Å². The molecule has 0 aromatic heterocycles. The molecule has 20 heavy (non-hydrogen) atoms. The first-order chi connectivity index (χ1) is 9.68. The highest BCUT2D eigenvalue weighted by Gasteiger charge is 2.30. The predicted molar refractivity (Wildman–Crippen MR) is 81.4 cm³/mol. The molecule has 0 fully saturated rings. The van der Waals surface area contributed by atoms with Crippen molar-refractivity contribution in [2.24, 2.45) is 0 Å². The number of hydrogen-bond acceptors (Lipinski definition) is 2. The predicted octanol–water partition coefficient (Wildman–Crippen LogP) is 3.98. The highest BCUT2D eigenvalue weighted by atomic mass is 35.5. The van der Waals surface area contributed by atoms with Crippen molar-refractivity contribution in [3.05, 3.63) is 35.6 Å². The molecule has 0 atom stereocenters. The van der Waals surface area contributed by atoms with Crippen LogP contribution in [0.3, 0.4) is 0 Å². The lowest BCUT2D eigenvalue weighted by atomic mass is 9.81. The second kappa shape index (κ2) is 9.56. The third kappa shape index (κ3) is 5.21. The summed E-state index contributed by atoms with van der Waals surface area (Å²) < 4.78 is 23.9. The van der Waals surface area contributed by atoms with Gasteiger partial charge in [0.2, 0.25) is 0 Å². The van der Waals surface area contributed by atoms with Crippen LogP contribution in [-0.2, 0) is 14.9 Å². The minimum Gasteiger partial charge on any atom is -0.385 e. The van der Waals surface area contributed by atoms with Crippen molar-refractivity contribution < 1.29 is 13.9 Å². The van der Waals surface area contributed by atoms with Crippen LogP contribution in [0.5, 0.6) is 0 Å². The normalized spacial score (nSPS) is 11.8. The van der Waals surface area contributed by atoms with Gasteiger partial charge in [0.05, 0.1) is 0 Å². The lowest BCUT2D eigenvalue weighted by Crippen LogP contribution is -2.32. The number of benzene rings is 1. The first kappa shape index (κ1) is 17.7. The van der Waals surface area contributed by atoms with Gasteiger partial charge in [0.15, 0.2) is 0 Å². The van der Waals surface area contributed by atoms with Crippen LogP contribution < -0.4 is 0 Å². The third-order valence-corrected chi connectivity index (χ3v) is 4.33. The summed E-state index contributed by atoms with van der Waals surface area (Å²) in [4.78, 5) is 0. The largest absolute Gasteiger partial charge is 0.385 e. The minimum absolute atomic E-state index is 0.275. The Balaban J connectivity index is 2.58. The zero-order valence-electron chi connectivity index (χ0n) is 11.7. The number of methoxy groups -OCH3 is 1. The molecular weight excluding hydrogens is 302 g/mol. The van der Waals surface area contributed by atoms with Crippen molar-refractivity contribution in [2.45, 2.75) is 18.3 Å². The highest BCUT2D eigenvalue weighted by Crippen LogP contribution is 2.31. The Morgan fingerprint density at radius 2 is 1.90 bits per heavy atom. The maximum atomic E-state index is 13.4. The van der Waals surface area contributed by atoms with Gasteiger partial charge in [0, 0.05) is 44.1 Å². The van der Waals surface area contributed by atoms with Gasteiger partial charge in [-0.15, -0.1) is 23.2 Å². The molecule has 114 valence electrons. The zero-order valence-corrected chi connectivity index (χ0v) is 13.2. The lowest BCUT2D eigenvalue weighted by molar-refractivity contribution is 0.0931. The average Bonchev–Trinajstić information content (AvgIpc) is 2.47. The molecule has 0 heterocycles. The van der Waals surface area contributed by atoms with Crippen LogP contribution in [0, 0.1) is 5.82 Å². The Kier molecular flexibility index (Phi) is 8.46. The molecule has 5 heteroatoms. The van der Waals surface area contributed by atoms with Gasteiger partial charge in [-0.1, -0.05) is 12.1 Å². The van der Waals surface area contributed by atoms with E-state index in [1.54, 1.807) is 13.2 Å². The summed E-state index contributed by atoms with van der Waals surface area (Å²) >= 11 is 12.2. The SMILES string of the molecule is COCCCOCCC(CCl)(CCl)c1cccc(F)c1. The fourth-order valence-electron chi connectivity index (χ4n) is 1.96. The highest BCUT2D eigenvalue weighted by molar-refractivity contribution is 6.22. The van der Waals surface area contributed by atoms with Crippen molar-refractivity contribution in [1.29, 1.82) is 0 Å². The van der Waals surface area contributed by atoms with E-state index in [2.05, 4.69) is 0 Å². The molecule has 0 amide bonds. The summed E-state index contributed by atoms with van der Waals surface area (Å²) in [7, 11) is 1.66. The van der Waals surface area contributed by atoms with Gasteiger partial charge in [-0.3, -0.25) is 0 Å². The molecule has 0 aliphatic carbocycles. The van der Waals surface area contributed by atoms with E-state index in [9.17, 15) is 4.39 Å². The number of alkyl halides is 2. The summed E-state index contributed by atoms with van der Waals surface area (Å²) in [6, 6.07) is 6.45. The van der Waals surface area contributed by atoms with Gasteiger partial charge >= 0.3 is 0 Å². The number of hydrogen-bond donors (Lipinski definition) is 0. The lowest BCUT2D eigenvalue weighted by Gasteiger charge is -2.30. The average molecular weight is 323 g/mol. The van der Waals surface area contributed by atoms with E-state index in [0.717, 1.165) is 12.0 Å². The first-order valence-electron chi connectivity index (χ1n) is 6.63. The fourth-order valence-corrected chi connectivity index (χ4v) is 2.82. The maximum Gasteiger partial charge on any atom is 0.123 e. The molecule has 0 saturated heterocycles. The molecule has 0 saturated carbocycles. The second-order valence-electron chi connectivity index (χ2n) is 4.77. The van der Waals surface area contributed by atoms with E-state index in [1.165, 1.54) is 12.1 Å². The van der Waals surface area contributed by atoms with Crippen molar-refractivity contribution in [3.63, 3.8) is 0 Å². The van der Waals surface area contributed by atoms with Crippen LogP contribution in [0.4, 0.5) is 4.39 Å². The molecule has 1 aromatic carbocycles. The van der Waals surface area contributed by atoms with E-state index >= 15 is 0 Å². The summed E-state index contributed by atoms with van der Waals surface area (Å²) in [5, 5.41) is 0. The van der Waals surface area contributed by atoms with Crippen LogP contribution in [0.15, 0.2) is 24.3 Å². The quantitative estimate of drug-likeness (QED) is 0.479. The Morgan fingerprint density at radius 1 is 1.15 bits per heavy atom.